The van der Waals surface area contributed by atoms with Crippen molar-refractivity contribution in [3.05, 3.63) is 35.9 Å². The van der Waals surface area contributed by atoms with Crippen LogP contribution in [0.1, 0.15) is 56.6 Å². The summed E-state index contributed by atoms with van der Waals surface area (Å²) in [5.41, 5.74) is 0.819. The van der Waals surface area contributed by atoms with Gasteiger partial charge >= 0.3 is 5.97 Å². The molecule has 0 radical (unpaired) electrons. The van der Waals surface area contributed by atoms with E-state index in [4.69, 9.17) is 5.11 Å². The Morgan fingerprint density at radius 2 is 1.77 bits per heavy atom. The van der Waals surface area contributed by atoms with E-state index < -0.39 is 12.0 Å². The number of likely N-dealkylation sites (tertiary alicyclic amines) is 1. The second kappa shape index (κ2) is 8.34. The van der Waals surface area contributed by atoms with Crippen molar-refractivity contribution in [1.82, 2.24) is 10.2 Å². The number of hydrogen-bond acceptors (Lipinski definition) is 3. The molecule has 3 rings (SSSR count). The maximum absolute atomic E-state index is 13.1. The molecular formula is C20H26N2O4. The molecule has 1 aromatic carbocycles. The molecular weight excluding hydrogens is 332 g/mol. The number of hydrogen-bond donors (Lipinski definition) is 2. The summed E-state index contributed by atoms with van der Waals surface area (Å²) in [4.78, 5) is 38.2. The van der Waals surface area contributed by atoms with Crippen molar-refractivity contribution in [3.63, 3.8) is 0 Å². The van der Waals surface area contributed by atoms with Crippen molar-refractivity contribution < 1.29 is 19.5 Å². The van der Waals surface area contributed by atoms with Gasteiger partial charge in [-0.05, 0) is 44.1 Å². The number of piperidine rings is 1. The van der Waals surface area contributed by atoms with Crippen LogP contribution in [0.25, 0.3) is 0 Å². The van der Waals surface area contributed by atoms with E-state index in [1.807, 2.05) is 30.3 Å². The van der Waals surface area contributed by atoms with Crippen molar-refractivity contribution in [2.75, 3.05) is 6.54 Å². The first-order valence-electron chi connectivity index (χ1n) is 9.44. The van der Waals surface area contributed by atoms with E-state index in [2.05, 4.69) is 5.32 Å². The minimum atomic E-state index is -0.754. The molecule has 1 heterocycles. The number of benzene rings is 1. The Hall–Kier alpha value is -2.37. The Bertz CT molecular complexity index is 653. The molecule has 2 aliphatic rings. The van der Waals surface area contributed by atoms with Gasteiger partial charge in [-0.3, -0.25) is 14.4 Å². The molecule has 0 spiro atoms. The fourth-order valence-electron chi connectivity index (χ4n) is 3.97. The van der Waals surface area contributed by atoms with Gasteiger partial charge in [0.15, 0.2) is 0 Å². The van der Waals surface area contributed by atoms with Crippen LogP contribution in [-0.2, 0) is 14.4 Å². The summed E-state index contributed by atoms with van der Waals surface area (Å²) in [6, 6.07) is 8.78. The summed E-state index contributed by atoms with van der Waals surface area (Å²) >= 11 is 0. The van der Waals surface area contributed by atoms with Crippen molar-refractivity contribution in [2.45, 2.75) is 57.0 Å². The molecule has 6 nitrogen and oxygen atoms in total. The average molecular weight is 358 g/mol. The highest BCUT2D eigenvalue weighted by atomic mass is 16.4. The Balaban J connectivity index is 1.71. The highest BCUT2D eigenvalue weighted by Gasteiger charge is 2.34. The number of nitrogens with zero attached hydrogens (tertiary/aromatic N) is 1. The number of rotatable bonds is 5. The lowest BCUT2D eigenvalue weighted by atomic mass is 9.86. The van der Waals surface area contributed by atoms with E-state index in [0.29, 0.717) is 38.6 Å². The van der Waals surface area contributed by atoms with Crippen molar-refractivity contribution >= 4 is 17.8 Å². The number of carbonyl (C=O) groups is 3. The summed E-state index contributed by atoms with van der Waals surface area (Å²) in [5, 5.41) is 12.2. The van der Waals surface area contributed by atoms with Crippen LogP contribution >= 0.6 is 0 Å². The summed E-state index contributed by atoms with van der Waals surface area (Å²) in [6.07, 6.45) is 4.76. The number of nitrogens with one attached hydrogen (secondary N) is 1. The second-order valence-electron chi connectivity index (χ2n) is 7.25. The zero-order valence-corrected chi connectivity index (χ0v) is 14.9. The summed E-state index contributed by atoms with van der Waals surface area (Å²) in [6.45, 7) is 0.595. The summed E-state index contributed by atoms with van der Waals surface area (Å²) in [5.74, 6) is -1.20. The summed E-state index contributed by atoms with van der Waals surface area (Å²) < 4.78 is 0. The van der Waals surface area contributed by atoms with E-state index >= 15 is 0 Å². The van der Waals surface area contributed by atoms with Crippen LogP contribution in [0.15, 0.2) is 30.3 Å². The monoisotopic (exact) mass is 358 g/mol. The smallest absolute Gasteiger partial charge is 0.306 e. The number of carboxylic acid groups (broad SMARTS) is 1. The van der Waals surface area contributed by atoms with E-state index in [0.717, 1.165) is 18.4 Å². The van der Waals surface area contributed by atoms with Crippen molar-refractivity contribution in [1.29, 1.82) is 0 Å². The predicted octanol–water partition coefficient (Wildman–Crippen LogP) is 2.50. The lowest BCUT2D eigenvalue weighted by Crippen LogP contribution is -2.48. The number of carboxylic acids is 1. The first kappa shape index (κ1) is 18.4. The van der Waals surface area contributed by atoms with Gasteiger partial charge in [0.05, 0.1) is 5.92 Å². The van der Waals surface area contributed by atoms with Crippen LogP contribution in [0.4, 0.5) is 0 Å². The van der Waals surface area contributed by atoms with E-state index in [1.165, 1.54) is 0 Å². The third-order valence-corrected chi connectivity index (χ3v) is 5.46. The van der Waals surface area contributed by atoms with Crippen LogP contribution < -0.4 is 5.32 Å². The standard InChI is InChI=1S/C20H26N2O4/c23-17-8-4-5-13-22(17)18(14-6-2-1-3-7-14)19(24)21-16-11-9-15(10-12-16)20(25)26/h1-3,6-7,15-16,18H,4-5,8-13H2,(H,21,24)(H,25,26). The quantitative estimate of drug-likeness (QED) is 0.847. The van der Waals surface area contributed by atoms with Gasteiger partial charge in [-0.2, -0.15) is 0 Å². The van der Waals surface area contributed by atoms with Gasteiger partial charge in [-0.1, -0.05) is 30.3 Å². The Morgan fingerprint density at radius 3 is 2.38 bits per heavy atom. The maximum Gasteiger partial charge on any atom is 0.306 e. The molecule has 1 aliphatic heterocycles. The molecule has 1 aliphatic carbocycles. The SMILES string of the molecule is O=C(O)C1CCC(NC(=O)C(c2ccccc2)N2CCCCC2=O)CC1. The first-order chi connectivity index (χ1) is 12.6. The van der Waals surface area contributed by atoms with Crippen LogP contribution in [0.2, 0.25) is 0 Å². The Kier molecular flexibility index (Phi) is 5.91. The van der Waals surface area contributed by atoms with E-state index in [1.54, 1.807) is 4.90 Å². The Morgan fingerprint density at radius 1 is 1.08 bits per heavy atom. The molecule has 2 N–H and O–H groups in total. The highest BCUT2D eigenvalue weighted by Crippen LogP contribution is 2.28. The topological polar surface area (TPSA) is 86.7 Å². The molecule has 2 amide bonds. The largest absolute Gasteiger partial charge is 0.481 e. The molecule has 140 valence electrons. The second-order valence-corrected chi connectivity index (χ2v) is 7.25. The first-order valence-corrected chi connectivity index (χ1v) is 9.44. The lowest BCUT2D eigenvalue weighted by Gasteiger charge is -2.35. The Labute approximate surface area is 153 Å². The van der Waals surface area contributed by atoms with Gasteiger partial charge in [0.2, 0.25) is 11.8 Å². The fraction of sp³-hybridized carbons (Fsp3) is 0.550. The molecule has 6 heteroatoms. The molecule has 1 aromatic rings. The third kappa shape index (κ3) is 4.23. The van der Waals surface area contributed by atoms with Gasteiger partial charge in [-0.25, -0.2) is 0 Å². The minimum absolute atomic E-state index is 0.0230. The minimum Gasteiger partial charge on any atom is -0.481 e. The van der Waals surface area contributed by atoms with E-state index in [-0.39, 0.29) is 23.8 Å². The van der Waals surface area contributed by atoms with E-state index in [9.17, 15) is 14.4 Å². The molecule has 26 heavy (non-hydrogen) atoms. The van der Waals surface area contributed by atoms with Crippen LogP contribution in [0.3, 0.4) is 0 Å². The summed E-state index contributed by atoms with van der Waals surface area (Å²) in [7, 11) is 0. The fourth-order valence-corrected chi connectivity index (χ4v) is 3.97. The van der Waals surface area contributed by atoms with Crippen molar-refractivity contribution in [3.8, 4) is 0 Å². The lowest BCUT2D eigenvalue weighted by molar-refractivity contribution is -0.144. The van der Waals surface area contributed by atoms with Gasteiger partial charge in [-0.15, -0.1) is 0 Å². The van der Waals surface area contributed by atoms with Crippen molar-refractivity contribution in [2.24, 2.45) is 5.92 Å². The van der Waals surface area contributed by atoms with Crippen LogP contribution in [0, 0.1) is 5.92 Å². The van der Waals surface area contributed by atoms with Gasteiger partial charge in [0.1, 0.15) is 6.04 Å². The van der Waals surface area contributed by atoms with Gasteiger partial charge < -0.3 is 15.3 Å². The number of carbonyl (C=O) groups excluding carboxylic acids is 2. The van der Waals surface area contributed by atoms with Crippen LogP contribution in [-0.4, -0.2) is 40.4 Å². The maximum atomic E-state index is 13.1. The molecule has 1 saturated carbocycles. The number of aliphatic carboxylic acids is 1. The molecule has 1 saturated heterocycles. The zero-order valence-electron chi connectivity index (χ0n) is 14.9. The average Bonchev–Trinajstić information content (AvgIpc) is 2.65. The molecule has 0 bridgehead atoms. The predicted molar refractivity (Wildman–Crippen MR) is 96.3 cm³/mol. The third-order valence-electron chi connectivity index (χ3n) is 5.46. The van der Waals surface area contributed by atoms with Crippen LogP contribution in [0.5, 0.6) is 0 Å². The highest BCUT2D eigenvalue weighted by molar-refractivity contribution is 5.89. The molecule has 2 fully saturated rings. The van der Waals surface area contributed by atoms with Gasteiger partial charge in [0.25, 0.3) is 0 Å². The van der Waals surface area contributed by atoms with Gasteiger partial charge in [0, 0.05) is 19.0 Å². The normalized spacial score (nSPS) is 24.8. The molecule has 1 unspecified atom stereocenters. The zero-order chi connectivity index (χ0) is 18.5. The molecule has 0 aromatic heterocycles. The molecule has 1 atom stereocenters. The number of amides is 2.